The van der Waals surface area contributed by atoms with Crippen LogP contribution in [-0.4, -0.2) is 15.3 Å². The molecule has 0 radical (unpaired) electrons. The van der Waals surface area contributed by atoms with Gasteiger partial charge in [-0.3, -0.25) is 0 Å². The zero-order valence-electron chi connectivity index (χ0n) is 30.6. The van der Waals surface area contributed by atoms with E-state index < -0.39 is 0 Å². The molecule has 264 valence electrons. The Morgan fingerprint density at radius 3 is 1.10 bits per heavy atom. The minimum absolute atomic E-state index is 0.0615. The Kier molecular flexibility index (Phi) is 13.7. The molecule has 0 aliphatic heterocycles. The molecule has 0 atom stereocenters. The van der Waals surface area contributed by atoms with Crippen molar-refractivity contribution in [1.82, 2.24) is 0 Å². The summed E-state index contributed by atoms with van der Waals surface area (Å²) in [6.45, 7) is 27.9. The Morgan fingerprint density at radius 1 is 0.471 bits per heavy atom. The molecule has 0 spiro atoms. The number of hydrogen-bond donors (Lipinski definition) is 3. The molecule has 4 aromatic rings. The number of phenols is 3. The van der Waals surface area contributed by atoms with E-state index in [1.165, 1.54) is 22.3 Å². The van der Waals surface area contributed by atoms with E-state index in [9.17, 15) is 15.3 Å². The summed E-state index contributed by atoms with van der Waals surface area (Å²) < 4.78 is 0. The third-order valence-electron chi connectivity index (χ3n) is 9.60. The van der Waals surface area contributed by atoms with Gasteiger partial charge in [-0.2, -0.15) is 0 Å². The first kappa shape index (κ1) is 38.5. The highest BCUT2D eigenvalue weighted by atomic mass is 16.3. The van der Waals surface area contributed by atoms with E-state index in [1.54, 1.807) is 0 Å². The number of hydrogen-bond acceptors (Lipinski definition) is 3. The Balaban J connectivity index is 1.95. The van der Waals surface area contributed by atoms with E-state index in [-0.39, 0.29) is 5.92 Å². The topological polar surface area (TPSA) is 60.7 Å². The molecule has 0 amide bonds. The molecule has 3 nitrogen and oxygen atoms in total. The van der Waals surface area contributed by atoms with E-state index >= 15 is 0 Å². The SMILES string of the molecule is C=CCc1cc(Cc2c(C)cc(C)cc2C(Cc2cc(CC=C)c(O)c(CC=C)c2)Cc2cc(CC=C)c(O)c(CC=C)c2)cc(CC=C)c1O. The van der Waals surface area contributed by atoms with Gasteiger partial charge < -0.3 is 15.3 Å². The van der Waals surface area contributed by atoms with Crippen LogP contribution in [0.3, 0.4) is 0 Å². The van der Waals surface area contributed by atoms with Crippen LogP contribution in [0.1, 0.15) is 78.2 Å². The highest BCUT2D eigenvalue weighted by Gasteiger charge is 2.23. The molecule has 0 fully saturated rings. The predicted octanol–water partition coefficient (Wildman–Crippen LogP) is 11.0. The molecule has 51 heavy (non-hydrogen) atoms. The number of phenolic OH excluding ortho intramolecular Hbond substituents is 3. The summed E-state index contributed by atoms with van der Waals surface area (Å²) in [5, 5.41) is 33.2. The minimum Gasteiger partial charge on any atom is -0.507 e. The smallest absolute Gasteiger partial charge is 0.122 e. The lowest BCUT2D eigenvalue weighted by molar-refractivity contribution is 0.463. The maximum Gasteiger partial charge on any atom is 0.122 e. The Hall–Kier alpha value is -5.28. The van der Waals surface area contributed by atoms with Gasteiger partial charge in [-0.1, -0.05) is 90.6 Å². The molecule has 0 aliphatic rings. The van der Waals surface area contributed by atoms with E-state index in [2.05, 4.69) is 102 Å². The molecule has 0 aliphatic carbocycles. The van der Waals surface area contributed by atoms with Crippen molar-refractivity contribution >= 4 is 0 Å². The largest absolute Gasteiger partial charge is 0.507 e. The van der Waals surface area contributed by atoms with E-state index in [1.807, 2.05) is 36.5 Å². The van der Waals surface area contributed by atoms with Crippen molar-refractivity contribution in [2.45, 2.75) is 77.6 Å². The van der Waals surface area contributed by atoms with Crippen LogP contribution in [0.4, 0.5) is 0 Å². The second kappa shape index (κ2) is 18.1. The molecule has 0 bridgehead atoms. The summed E-state index contributed by atoms with van der Waals surface area (Å²) in [6.07, 6.45) is 16.6. The summed E-state index contributed by atoms with van der Waals surface area (Å²) in [4.78, 5) is 0. The number of allylic oxidation sites excluding steroid dienone is 6. The van der Waals surface area contributed by atoms with Gasteiger partial charge in [0.15, 0.2) is 0 Å². The van der Waals surface area contributed by atoms with Gasteiger partial charge in [-0.05, 0) is 144 Å². The second-order valence-electron chi connectivity index (χ2n) is 13.7. The van der Waals surface area contributed by atoms with Crippen LogP contribution in [0.2, 0.25) is 0 Å². The third kappa shape index (κ3) is 9.49. The quantitative estimate of drug-likeness (QED) is 0.0865. The van der Waals surface area contributed by atoms with E-state index in [0.717, 1.165) is 62.9 Å². The average molecular weight is 679 g/mol. The Bertz CT molecular complexity index is 1770. The molecular formula is C48H54O3. The summed E-state index contributed by atoms with van der Waals surface area (Å²) >= 11 is 0. The molecule has 3 N–H and O–H groups in total. The van der Waals surface area contributed by atoms with Crippen LogP contribution < -0.4 is 0 Å². The van der Waals surface area contributed by atoms with E-state index in [0.29, 0.717) is 62.2 Å². The van der Waals surface area contributed by atoms with Gasteiger partial charge in [0.05, 0.1) is 0 Å². The fraction of sp³-hybridized carbons (Fsp3) is 0.250. The van der Waals surface area contributed by atoms with Crippen LogP contribution in [0.15, 0.2) is 124 Å². The van der Waals surface area contributed by atoms with Gasteiger partial charge in [-0.25, -0.2) is 0 Å². The fourth-order valence-corrected chi connectivity index (χ4v) is 7.40. The Labute approximate surface area is 306 Å². The second-order valence-corrected chi connectivity index (χ2v) is 13.7. The number of aryl methyl sites for hydroxylation is 2. The van der Waals surface area contributed by atoms with Crippen molar-refractivity contribution in [1.29, 1.82) is 0 Å². The maximum atomic E-state index is 11.1. The Morgan fingerprint density at radius 2 is 0.784 bits per heavy atom. The molecule has 0 saturated heterocycles. The van der Waals surface area contributed by atoms with Crippen LogP contribution in [0.25, 0.3) is 0 Å². The van der Waals surface area contributed by atoms with E-state index in [4.69, 9.17) is 0 Å². The van der Waals surface area contributed by atoms with Crippen molar-refractivity contribution < 1.29 is 15.3 Å². The van der Waals surface area contributed by atoms with Crippen molar-refractivity contribution in [3.63, 3.8) is 0 Å². The molecule has 0 heterocycles. The minimum atomic E-state index is 0.0615. The molecule has 0 aromatic heterocycles. The normalized spacial score (nSPS) is 11.0. The van der Waals surface area contributed by atoms with Gasteiger partial charge in [0, 0.05) is 0 Å². The lowest BCUT2D eigenvalue weighted by Gasteiger charge is -2.25. The van der Waals surface area contributed by atoms with Gasteiger partial charge in [-0.15, -0.1) is 39.5 Å². The summed E-state index contributed by atoms with van der Waals surface area (Å²) in [6, 6.07) is 17.3. The molecular weight excluding hydrogens is 625 g/mol. The third-order valence-corrected chi connectivity index (χ3v) is 9.60. The highest BCUT2D eigenvalue weighted by Crippen LogP contribution is 2.37. The van der Waals surface area contributed by atoms with Crippen molar-refractivity contribution in [2.24, 2.45) is 0 Å². The van der Waals surface area contributed by atoms with Gasteiger partial charge in [0.1, 0.15) is 17.2 Å². The van der Waals surface area contributed by atoms with Crippen LogP contribution in [0.5, 0.6) is 17.2 Å². The first-order valence-corrected chi connectivity index (χ1v) is 17.8. The standard InChI is InChI=1S/C48H54O3/c1-9-15-37-23-34(24-38(16-10-2)46(37)49)29-43(30-35-25-39(17-11-3)47(50)40(26-35)18-12-4)45-22-32(7)21-33(8)44(45)31-36-27-41(19-13-5)48(51)42(28-36)20-14-6/h9-14,21-28,43,49-51H,1-6,15-20,29-31H2,7-8H3. The molecule has 0 saturated carbocycles. The fourth-order valence-electron chi connectivity index (χ4n) is 7.40. The molecule has 4 aromatic carbocycles. The number of benzene rings is 4. The first-order chi connectivity index (χ1) is 24.6. The van der Waals surface area contributed by atoms with Crippen LogP contribution in [0, 0.1) is 13.8 Å². The zero-order chi connectivity index (χ0) is 37.1. The first-order valence-electron chi connectivity index (χ1n) is 17.8. The van der Waals surface area contributed by atoms with Crippen LogP contribution in [-0.2, 0) is 57.8 Å². The maximum absolute atomic E-state index is 11.1. The summed E-state index contributed by atoms with van der Waals surface area (Å²) in [5.74, 6) is 0.989. The van der Waals surface area contributed by atoms with Gasteiger partial charge >= 0.3 is 0 Å². The number of rotatable bonds is 19. The summed E-state index contributed by atoms with van der Waals surface area (Å²) in [7, 11) is 0. The number of aromatic hydroxyl groups is 3. The van der Waals surface area contributed by atoms with Crippen molar-refractivity contribution in [3.8, 4) is 17.2 Å². The summed E-state index contributed by atoms with van der Waals surface area (Å²) in [5.41, 5.74) is 13.5. The van der Waals surface area contributed by atoms with Gasteiger partial charge in [0.25, 0.3) is 0 Å². The van der Waals surface area contributed by atoms with Crippen LogP contribution >= 0.6 is 0 Å². The lowest BCUT2D eigenvalue weighted by Crippen LogP contribution is -2.13. The lowest BCUT2D eigenvalue weighted by atomic mass is 9.79. The molecule has 4 rings (SSSR count). The monoisotopic (exact) mass is 678 g/mol. The zero-order valence-corrected chi connectivity index (χ0v) is 30.6. The highest BCUT2D eigenvalue weighted by molar-refractivity contribution is 5.52. The molecule has 3 heteroatoms. The molecule has 0 unspecified atom stereocenters. The van der Waals surface area contributed by atoms with Crippen molar-refractivity contribution in [2.75, 3.05) is 0 Å². The predicted molar refractivity (Wildman–Crippen MR) is 217 cm³/mol. The van der Waals surface area contributed by atoms with Gasteiger partial charge in [0.2, 0.25) is 0 Å². The van der Waals surface area contributed by atoms with Crippen molar-refractivity contribution in [3.05, 3.63) is 197 Å². The average Bonchev–Trinajstić information content (AvgIpc) is 3.08.